The van der Waals surface area contributed by atoms with Crippen molar-refractivity contribution in [1.82, 2.24) is 4.72 Å². The Hall–Kier alpha value is -2.11. The molecule has 0 fully saturated rings. The molecule has 0 saturated carbocycles. The molecule has 0 unspecified atom stereocenters. The Bertz CT molecular complexity index is 836. The Balaban J connectivity index is 2.46. The van der Waals surface area contributed by atoms with Crippen molar-refractivity contribution in [2.75, 3.05) is 0 Å². The summed E-state index contributed by atoms with van der Waals surface area (Å²) >= 11 is 0. The minimum absolute atomic E-state index is 0.164. The highest BCUT2D eigenvalue weighted by Crippen LogP contribution is 2.27. The molecule has 2 rings (SSSR count). The summed E-state index contributed by atoms with van der Waals surface area (Å²) < 4.78 is 28.1. The highest BCUT2D eigenvalue weighted by Gasteiger charge is 2.33. The van der Waals surface area contributed by atoms with Crippen LogP contribution in [0.3, 0.4) is 0 Å². The van der Waals surface area contributed by atoms with Crippen LogP contribution in [0, 0.1) is 12.8 Å². The zero-order chi connectivity index (χ0) is 18.7. The number of benzene rings is 2. The summed E-state index contributed by atoms with van der Waals surface area (Å²) in [5, 5.41) is 10.9. The molecule has 134 valence electrons. The van der Waals surface area contributed by atoms with Crippen molar-refractivity contribution in [3.05, 3.63) is 71.4 Å². The first-order valence-corrected chi connectivity index (χ1v) is 9.70. The Morgan fingerprint density at radius 1 is 1.08 bits per heavy atom. The molecule has 0 saturated heterocycles. The largest absolute Gasteiger partial charge is 0.384 e. The van der Waals surface area contributed by atoms with Gasteiger partial charge in [0, 0.05) is 0 Å². The molecule has 0 aliphatic carbocycles. The number of aryl methyl sites for hydroxylation is 1. The van der Waals surface area contributed by atoms with Gasteiger partial charge in [0.2, 0.25) is 0 Å². The van der Waals surface area contributed by atoms with Crippen LogP contribution in [-0.4, -0.2) is 19.1 Å². The van der Waals surface area contributed by atoms with Crippen molar-refractivity contribution in [2.45, 2.75) is 38.2 Å². The Labute approximate surface area is 150 Å². The molecule has 2 aromatic carbocycles. The van der Waals surface area contributed by atoms with E-state index in [0.717, 1.165) is 11.1 Å². The van der Waals surface area contributed by atoms with E-state index >= 15 is 0 Å². The monoisotopic (exact) mass is 359 g/mol. The first-order chi connectivity index (χ1) is 11.6. The van der Waals surface area contributed by atoms with Crippen molar-refractivity contribution in [2.24, 2.45) is 5.92 Å². The molecular weight excluding hydrogens is 334 g/mol. The molecular formula is C20H25NO3S. The van der Waals surface area contributed by atoms with E-state index in [2.05, 4.69) is 4.72 Å². The maximum atomic E-state index is 12.8. The Morgan fingerprint density at radius 3 is 2.16 bits per heavy atom. The van der Waals surface area contributed by atoms with Gasteiger partial charge in [0.25, 0.3) is 10.0 Å². The SMILES string of the molecule is Cc1ccc(S(=O)(=O)N/C(=C\c2ccccc2)[C@@](C)(O)C(C)C)cc1. The first kappa shape index (κ1) is 19.2. The minimum Gasteiger partial charge on any atom is -0.384 e. The second-order valence-electron chi connectivity index (χ2n) is 6.69. The van der Waals surface area contributed by atoms with E-state index in [1.807, 2.05) is 51.1 Å². The molecule has 25 heavy (non-hydrogen) atoms. The molecule has 2 N–H and O–H groups in total. The average molecular weight is 359 g/mol. The van der Waals surface area contributed by atoms with Crippen LogP contribution in [0.15, 0.2) is 65.2 Å². The van der Waals surface area contributed by atoms with E-state index in [-0.39, 0.29) is 16.5 Å². The number of aliphatic hydroxyl groups is 1. The van der Waals surface area contributed by atoms with Gasteiger partial charge in [-0.25, -0.2) is 8.42 Å². The predicted octanol–water partition coefficient (Wildman–Crippen LogP) is 3.72. The Kier molecular flexibility index (Phi) is 5.70. The van der Waals surface area contributed by atoms with Crippen molar-refractivity contribution in [3.8, 4) is 0 Å². The highest BCUT2D eigenvalue weighted by molar-refractivity contribution is 7.89. The summed E-state index contributed by atoms with van der Waals surface area (Å²) in [6, 6.07) is 15.9. The van der Waals surface area contributed by atoms with Gasteiger partial charge in [-0.05, 0) is 43.5 Å². The van der Waals surface area contributed by atoms with E-state index in [1.54, 1.807) is 37.3 Å². The van der Waals surface area contributed by atoms with Gasteiger partial charge in [-0.15, -0.1) is 0 Å². The molecule has 0 heterocycles. The molecule has 0 aromatic heterocycles. The van der Waals surface area contributed by atoms with Crippen LogP contribution in [0.2, 0.25) is 0 Å². The van der Waals surface area contributed by atoms with Gasteiger partial charge in [0.15, 0.2) is 0 Å². The van der Waals surface area contributed by atoms with Crippen LogP contribution >= 0.6 is 0 Å². The number of hydrogen-bond acceptors (Lipinski definition) is 3. The summed E-state index contributed by atoms with van der Waals surface area (Å²) in [5.74, 6) is -0.178. The fourth-order valence-electron chi connectivity index (χ4n) is 2.23. The zero-order valence-electron chi connectivity index (χ0n) is 15.0. The summed E-state index contributed by atoms with van der Waals surface area (Å²) in [5.41, 5.74) is 0.709. The van der Waals surface area contributed by atoms with Gasteiger partial charge in [-0.3, -0.25) is 4.72 Å². The standard InChI is InChI=1S/C20H25NO3S/c1-15(2)20(4,22)19(14-17-8-6-5-7-9-17)21-25(23,24)18-12-10-16(3)11-13-18/h5-15,21-22H,1-4H3/b19-14-/t20-/m0/s1. The average Bonchev–Trinajstić information content (AvgIpc) is 2.55. The molecule has 0 amide bonds. The van der Waals surface area contributed by atoms with Crippen molar-refractivity contribution >= 4 is 16.1 Å². The maximum absolute atomic E-state index is 12.8. The van der Waals surface area contributed by atoms with E-state index in [0.29, 0.717) is 0 Å². The minimum atomic E-state index is -3.79. The predicted molar refractivity (Wildman–Crippen MR) is 101 cm³/mol. The molecule has 0 radical (unpaired) electrons. The highest BCUT2D eigenvalue weighted by atomic mass is 32.2. The maximum Gasteiger partial charge on any atom is 0.261 e. The van der Waals surface area contributed by atoms with Gasteiger partial charge < -0.3 is 5.11 Å². The van der Waals surface area contributed by atoms with Crippen LogP contribution in [0.25, 0.3) is 6.08 Å². The van der Waals surface area contributed by atoms with Gasteiger partial charge >= 0.3 is 0 Å². The number of hydrogen-bond donors (Lipinski definition) is 2. The second-order valence-corrected chi connectivity index (χ2v) is 8.37. The number of nitrogens with one attached hydrogen (secondary N) is 1. The lowest BCUT2D eigenvalue weighted by Gasteiger charge is -2.31. The van der Waals surface area contributed by atoms with Gasteiger partial charge in [0.05, 0.1) is 10.6 Å². The lowest BCUT2D eigenvalue weighted by atomic mass is 9.88. The third-order valence-corrected chi connectivity index (χ3v) is 5.74. The van der Waals surface area contributed by atoms with Gasteiger partial charge in [-0.2, -0.15) is 0 Å². The van der Waals surface area contributed by atoms with Gasteiger partial charge in [0.1, 0.15) is 5.60 Å². The quantitative estimate of drug-likeness (QED) is 0.826. The smallest absolute Gasteiger partial charge is 0.261 e. The molecule has 0 aliphatic heterocycles. The van der Waals surface area contributed by atoms with E-state index in [1.165, 1.54) is 0 Å². The molecule has 2 aromatic rings. The fourth-order valence-corrected chi connectivity index (χ4v) is 3.39. The van der Waals surface area contributed by atoms with E-state index in [9.17, 15) is 13.5 Å². The van der Waals surface area contributed by atoms with E-state index in [4.69, 9.17) is 0 Å². The summed E-state index contributed by atoms with van der Waals surface area (Å²) in [4.78, 5) is 0.164. The first-order valence-electron chi connectivity index (χ1n) is 8.22. The third-order valence-electron chi connectivity index (χ3n) is 4.36. The Morgan fingerprint density at radius 2 is 1.64 bits per heavy atom. The number of sulfonamides is 1. The third kappa shape index (κ3) is 4.71. The van der Waals surface area contributed by atoms with Crippen molar-refractivity contribution < 1.29 is 13.5 Å². The van der Waals surface area contributed by atoms with Crippen LogP contribution in [0.4, 0.5) is 0 Å². The summed E-state index contributed by atoms with van der Waals surface area (Å²) in [6.07, 6.45) is 1.67. The van der Waals surface area contributed by atoms with Crippen LogP contribution < -0.4 is 4.72 Å². The topological polar surface area (TPSA) is 66.4 Å². The van der Waals surface area contributed by atoms with Crippen LogP contribution in [-0.2, 0) is 10.0 Å². The normalized spacial score (nSPS) is 15.0. The molecule has 4 nitrogen and oxygen atoms in total. The van der Waals surface area contributed by atoms with Gasteiger partial charge in [-0.1, -0.05) is 61.9 Å². The molecule has 0 spiro atoms. The molecule has 0 bridgehead atoms. The molecule has 1 atom stereocenters. The van der Waals surface area contributed by atoms with Crippen molar-refractivity contribution in [3.63, 3.8) is 0 Å². The van der Waals surface area contributed by atoms with Crippen LogP contribution in [0.5, 0.6) is 0 Å². The summed E-state index contributed by atoms with van der Waals surface area (Å²) in [6.45, 7) is 7.20. The van der Waals surface area contributed by atoms with E-state index < -0.39 is 15.6 Å². The number of rotatable bonds is 6. The molecule has 0 aliphatic rings. The lowest BCUT2D eigenvalue weighted by molar-refractivity contribution is 0.0478. The molecule has 5 heteroatoms. The summed E-state index contributed by atoms with van der Waals surface area (Å²) in [7, 11) is -3.79. The second kappa shape index (κ2) is 7.42. The zero-order valence-corrected chi connectivity index (χ0v) is 15.8. The lowest BCUT2D eigenvalue weighted by Crippen LogP contribution is -2.42. The van der Waals surface area contributed by atoms with Crippen molar-refractivity contribution in [1.29, 1.82) is 0 Å². The van der Waals surface area contributed by atoms with Crippen LogP contribution in [0.1, 0.15) is 31.9 Å². The fraction of sp³-hybridized carbons (Fsp3) is 0.300.